The van der Waals surface area contributed by atoms with Crippen molar-refractivity contribution in [3.8, 4) is 0 Å². The van der Waals surface area contributed by atoms with Crippen LogP contribution in [-0.2, 0) is 11.3 Å². The molecule has 138 valence electrons. The van der Waals surface area contributed by atoms with Gasteiger partial charge >= 0.3 is 5.97 Å². The summed E-state index contributed by atoms with van der Waals surface area (Å²) >= 11 is 0. The number of rotatable bonds is 4. The minimum Gasteiger partial charge on any atom is -0.618 e. The fourth-order valence-electron chi connectivity index (χ4n) is 3.15. The third kappa shape index (κ3) is 3.08. The normalized spacial score (nSPS) is 13.1. The Bertz CT molecular complexity index is 993. The van der Waals surface area contributed by atoms with Gasteiger partial charge in [0, 0.05) is 26.5 Å². The molecule has 3 rings (SSSR count). The summed E-state index contributed by atoms with van der Waals surface area (Å²) < 4.78 is 5.19. The number of hydrogen-bond acceptors (Lipinski definition) is 6. The average molecular weight is 366 g/mol. The first-order valence-corrected chi connectivity index (χ1v) is 8.30. The van der Waals surface area contributed by atoms with Crippen LogP contribution in [0.15, 0.2) is 42.1 Å². The predicted octanol–water partition coefficient (Wildman–Crippen LogP) is 1.78. The number of pyridine rings is 1. The van der Waals surface area contributed by atoms with Crippen LogP contribution < -0.4 is 10.0 Å². The molecule has 0 saturated heterocycles. The van der Waals surface area contributed by atoms with Gasteiger partial charge in [-0.3, -0.25) is 9.59 Å². The number of hydrogen-bond donors (Lipinski definition) is 1. The number of nitrogens with zero attached hydrogens (tertiary/aromatic N) is 1. The Morgan fingerprint density at radius 3 is 2.41 bits per heavy atom. The number of allylic oxidation sites excluding steroid dienone is 2. The standard InChI is InChI=1S/C20H18N2O5/c1-11-16-18(17(20(25)27-3)12(2)22(11)26)15(23)9-14(19(16)24)21-10-13-7-5-4-6-8-13/h4-9,21H,10H2,1-3H3. The number of carbonyl (C=O) groups is 3. The topological polar surface area (TPSA) is 99.4 Å². The number of fused-ring (bicyclic) bond motifs is 1. The van der Waals surface area contributed by atoms with E-state index in [0.29, 0.717) is 11.3 Å². The van der Waals surface area contributed by atoms with Gasteiger partial charge in [0.15, 0.2) is 5.78 Å². The smallest absolute Gasteiger partial charge is 0.345 e. The van der Waals surface area contributed by atoms with Gasteiger partial charge in [-0.25, -0.2) is 4.79 Å². The number of ketones is 2. The van der Waals surface area contributed by atoms with Crippen molar-refractivity contribution in [2.45, 2.75) is 20.4 Å². The van der Waals surface area contributed by atoms with Crippen molar-refractivity contribution < 1.29 is 23.9 Å². The molecule has 0 amide bonds. The first kappa shape index (κ1) is 18.3. The van der Waals surface area contributed by atoms with Crippen LogP contribution in [0, 0.1) is 19.1 Å². The number of nitrogens with one attached hydrogen (secondary N) is 1. The summed E-state index contributed by atoms with van der Waals surface area (Å²) in [6, 6.07) is 9.37. The number of benzene rings is 1. The van der Waals surface area contributed by atoms with E-state index in [2.05, 4.69) is 5.32 Å². The van der Waals surface area contributed by atoms with Crippen LogP contribution in [0.1, 0.15) is 48.0 Å². The molecule has 1 N–H and O–H groups in total. The Labute approximate surface area is 155 Å². The second kappa shape index (κ2) is 7.03. The predicted molar refractivity (Wildman–Crippen MR) is 96.2 cm³/mol. The molecule has 7 heteroatoms. The third-order valence-corrected chi connectivity index (χ3v) is 4.54. The fourth-order valence-corrected chi connectivity index (χ4v) is 3.15. The van der Waals surface area contributed by atoms with Crippen LogP contribution in [0.25, 0.3) is 0 Å². The summed E-state index contributed by atoms with van der Waals surface area (Å²) in [6.07, 6.45) is 1.16. The van der Waals surface area contributed by atoms with Crippen molar-refractivity contribution in [3.63, 3.8) is 0 Å². The van der Waals surface area contributed by atoms with Gasteiger partial charge in [0.25, 0.3) is 0 Å². The van der Waals surface area contributed by atoms with E-state index in [1.165, 1.54) is 13.8 Å². The number of carbonyl (C=O) groups excluding carboxylic acids is 3. The Morgan fingerprint density at radius 2 is 1.78 bits per heavy atom. The van der Waals surface area contributed by atoms with Gasteiger partial charge in [-0.1, -0.05) is 30.3 Å². The maximum Gasteiger partial charge on any atom is 0.345 e. The number of methoxy groups -OCH3 is 1. The molecule has 1 aliphatic carbocycles. The van der Waals surface area contributed by atoms with E-state index in [-0.39, 0.29) is 33.8 Å². The molecule has 1 aromatic heterocycles. The van der Waals surface area contributed by atoms with Crippen molar-refractivity contribution in [3.05, 3.63) is 81.0 Å². The van der Waals surface area contributed by atoms with Gasteiger partial charge < -0.3 is 15.3 Å². The first-order valence-electron chi connectivity index (χ1n) is 8.30. The lowest BCUT2D eigenvalue weighted by Gasteiger charge is -2.21. The summed E-state index contributed by atoms with van der Waals surface area (Å²) in [6.45, 7) is 3.20. The molecule has 0 bridgehead atoms. The molecule has 7 nitrogen and oxygen atoms in total. The van der Waals surface area contributed by atoms with Crippen LogP contribution in [0.2, 0.25) is 0 Å². The summed E-state index contributed by atoms with van der Waals surface area (Å²) in [5, 5.41) is 15.4. The number of ether oxygens (including phenoxy) is 1. The molecule has 0 atom stereocenters. The zero-order valence-electron chi connectivity index (χ0n) is 15.2. The van der Waals surface area contributed by atoms with Crippen LogP contribution in [0.3, 0.4) is 0 Å². The molecule has 0 fully saturated rings. The van der Waals surface area contributed by atoms with Crippen molar-refractivity contribution in [2.24, 2.45) is 0 Å². The van der Waals surface area contributed by atoms with E-state index < -0.39 is 17.5 Å². The Hall–Kier alpha value is -3.48. The Morgan fingerprint density at radius 1 is 1.11 bits per heavy atom. The van der Waals surface area contributed by atoms with Crippen LogP contribution in [0.5, 0.6) is 0 Å². The maximum atomic E-state index is 12.9. The fraction of sp³-hybridized carbons (Fsp3) is 0.200. The molecule has 0 aliphatic heterocycles. The second-order valence-electron chi connectivity index (χ2n) is 6.17. The summed E-state index contributed by atoms with van der Waals surface area (Å²) in [7, 11) is 1.15. The summed E-state index contributed by atoms with van der Waals surface area (Å²) in [4.78, 5) is 37.8. The molecule has 0 radical (unpaired) electrons. The van der Waals surface area contributed by atoms with Gasteiger partial charge in [0.05, 0.1) is 18.4 Å². The van der Waals surface area contributed by atoms with Crippen LogP contribution in [-0.4, -0.2) is 24.6 Å². The minimum atomic E-state index is -0.830. The number of aromatic nitrogens is 1. The van der Waals surface area contributed by atoms with E-state index in [4.69, 9.17) is 4.74 Å². The third-order valence-electron chi connectivity index (χ3n) is 4.54. The quantitative estimate of drug-likeness (QED) is 0.503. The minimum absolute atomic E-state index is 0.0216. The highest BCUT2D eigenvalue weighted by Crippen LogP contribution is 2.27. The summed E-state index contributed by atoms with van der Waals surface area (Å²) in [5.74, 6) is -1.86. The SMILES string of the molecule is COC(=O)c1c2c(c(C)[n+]([O-])c1C)C(=O)C(NCc1ccccc1)=CC2=O. The second-order valence-corrected chi connectivity index (χ2v) is 6.17. The average Bonchev–Trinajstić information content (AvgIpc) is 2.68. The molecule has 1 aliphatic rings. The highest BCUT2D eigenvalue weighted by molar-refractivity contribution is 6.27. The van der Waals surface area contributed by atoms with E-state index >= 15 is 0 Å². The van der Waals surface area contributed by atoms with Gasteiger partial charge in [0.1, 0.15) is 11.1 Å². The Balaban J connectivity index is 2.07. The highest BCUT2D eigenvalue weighted by atomic mass is 16.5. The maximum absolute atomic E-state index is 12.9. The largest absolute Gasteiger partial charge is 0.618 e. The monoisotopic (exact) mass is 366 g/mol. The van der Waals surface area contributed by atoms with Gasteiger partial charge in [-0.2, -0.15) is 4.73 Å². The van der Waals surface area contributed by atoms with Crippen molar-refractivity contribution in [2.75, 3.05) is 7.11 Å². The van der Waals surface area contributed by atoms with Crippen molar-refractivity contribution in [1.82, 2.24) is 5.32 Å². The van der Waals surface area contributed by atoms with Crippen LogP contribution in [0.4, 0.5) is 0 Å². The van der Waals surface area contributed by atoms with Crippen LogP contribution >= 0.6 is 0 Å². The lowest BCUT2D eigenvalue weighted by molar-refractivity contribution is -0.619. The molecule has 0 unspecified atom stereocenters. The van der Waals surface area contributed by atoms with E-state index in [0.717, 1.165) is 18.7 Å². The molecule has 2 aromatic rings. The van der Waals surface area contributed by atoms with Gasteiger partial charge in [-0.05, 0) is 5.56 Å². The van der Waals surface area contributed by atoms with Gasteiger partial charge in [-0.15, -0.1) is 0 Å². The van der Waals surface area contributed by atoms with Gasteiger partial charge in [0.2, 0.25) is 17.2 Å². The molecular formula is C20H18N2O5. The first-order chi connectivity index (χ1) is 12.9. The lowest BCUT2D eigenvalue weighted by atomic mass is 9.87. The number of Topliss-reactive ketones (excluding diaryl/α,β-unsaturated/α-hetero) is 1. The molecule has 0 saturated carbocycles. The van der Waals surface area contributed by atoms with Crippen molar-refractivity contribution >= 4 is 17.5 Å². The zero-order valence-corrected chi connectivity index (χ0v) is 15.2. The van der Waals surface area contributed by atoms with E-state index in [1.807, 2.05) is 30.3 Å². The van der Waals surface area contributed by atoms with Crippen molar-refractivity contribution in [1.29, 1.82) is 0 Å². The Kier molecular flexibility index (Phi) is 4.77. The summed E-state index contributed by atoms with van der Waals surface area (Å²) in [5.41, 5.74) is 0.773. The molecule has 1 heterocycles. The lowest BCUT2D eigenvalue weighted by Crippen LogP contribution is -2.42. The molecule has 27 heavy (non-hydrogen) atoms. The zero-order chi connectivity index (χ0) is 19.7. The molecule has 1 aromatic carbocycles. The highest BCUT2D eigenvalue weighted by Gasteiger charge is 2.38. The molecule has 0 spiro atoms. The molecular weight excluding hydrogens is 348 g/mol. The number of esters is 1. The van der Waals surface area contributed by atoms with E-state index in [9.17, 15) is 19.6 Å². The van der Waals surface area contributed by atoms with E-state index in [1.54, 1.807) is 0 Å².